The van der Waals surface area contributed by atoms with E-state index in [1.807, 2.05) is 30.3 Å². The van der Waals surface area contributed by atoms with E-state index in [1.165, 1.54) is 37.1 Å². The lowest BCUT2D eigenvalue weighted by molar-refractivity contribution is -0.120. The Morgan fingerprint density at radius 2 is 1.64 bits per heavy atom. The molecule has 2 aromatic carbocycles. The van der Waals surface area contributed by atoms with Crippen LogP contribution in [0.4, 0.5) is 0 Å². The van der Waals surface area contributed by atoms with Crippen molar-refractivity contribution in [1.29, 1.82) is 0 Å². The van der Waals surface area contributed by atoms with Crippen LogP contribution in [0, 0.1) is 5.92 Å². The zero-order valence-electron chi connectivity index (χ0n) is 15.1. The minimum atomic E-state index is 0.0767. The Morgan fingerprint density at radius 3 is 2.36 bits per heavy atom. The average Bonchev–Trinajstić information content (AvgIpc) is 2.64. The molecule has 1 amide bonds. The van der Waals surface area contributed by atoms with Crippen molar-refractivity contribution < 1.29 is 4.79 Å². The minimum Gasteiger partial charge on any atom is -0.352 e. The van der Waals surface area contributed by atoms with Gasteiger partial charge in [-0.05, 0) is 48.5 Å². The maximum Gasteiger partial charge on any atom is 0.224 e. The molecule has 0 aromatic heterocycles. The Hall–Kier alpha value is -2.13. The fraction of sp³-hybridized carbons (Fsp3) is 0.409. The summed E-state index contributed by atoms with van der Waals surface area (Å²) in [6, 6.07) is 18.4. The summed E-state index contributed by atoms with van der Waals surface area (Å²) in [5.41, 5.74) is 3.61. The van der Waals surface area contributed by atoms with Gasteiger partial charge in [-0.2, -0.15) is 0 Å². The third-order valence-electron chi connectivity index (χ3n) is 5.07. The number of amides is 1. The van der Waals surface area contributed by atoms with E-state index >= 15 is 0 Å². The Morgan fingerprint density at radius 1 is 1.00 bits per heavy atom. The topological polar surface area (TPSA) is 32.3 Å². The summed E-state index contributed by atoms with van der Waals surface area (Å²) in [7, 11) is 0. The van der Waals surface area contributed by atoms with Gasteiger partial charge >= 0.3 is 0 Å². The summed E-state index contributed by atoms with van der Waals surface area (Å²) in [5.74, 6) is 0.927. The molecule has 1 aliphatic rings. The standard InChI is InChI=1S/C22H28N2O/c1-18-11-13-24(14-12-18)17-21-10-6-5-9-20(21)16-23-22(25)15-19-7-3-2-4-8-19/h2-10,18H,11-17H2,1H3,(H,23,25). The quantitative estimate of drug-likeness (QED) is 0.871. The van der Waals surface area contributed by atoms with Crippen molar-refractivity contribution in [2.45, 2.75) is 39.3 Å². The summed E-state index contributed by atoms with van der Waals surface area (Å²) in [4.78, 5) is 14.7. The van der Waals surface area contributed by atoms with Crippen molar-refractivity contribution in [2.75, 3.05) is 13.1 Å². The first-order valence-electron chi connectivity index (χ1n) is 9.30. The molecule has 0 atom stereocenters. The second-order valence-electron chi connectivity index (χ2n) is 7.17. The number of benzene rings is 2. The first-order valence-corrected chi connectivity index (χ1v) is 9.30. The van der Waals surface area contributed by atoms with Gasteiger partial charge in [0.2, 0.25) is 5.91 Å². The van der Waals surface area contributed by atoms with Gasteiger partial charge < -0.3 is 5.32 Å². The van der Waals surface area contributed by atoms with Crippen molar-refractivity contribution in [3.63, 3.8) is 0 Å². The Labute approximate surface area is 151 Å². The van der Waals surface area contributed by atoms with E-state index in [9.17, 15) is 4.79 Å². The predicted octanol–water partition coefficient (Wildman–Crippen LogP) is 3.78. The van der Waals surface area contributed by atoms with Crippen molar-refractivity contribution in [2.24, 2.45) is 5.92 Å². The molecule has 3 nitrogen and oxygen atoms in total. The monoisotopic (exact) mass is 336 g/mol. The molecular weight excluding hydrogens is 308 g/mol. The van der Waals surface area contributed by atoms with Crippen LogP contribution >= 0.6 is 0 Å². The van der Waals surface area contributed by atoms with Crippen molar-refractivity contribution in [1.82, 2.24) is 10.2 Å². The Balaban J connectivity index is 1.54. The summed E-state index contributed by atoms with van der Waals surface area (Å²) < 4.78 is 0. The third kappa shape index (κ3) is 5.43. The normalized spacial score (nSPS) is 15.9. The van der Waals surface area contributed by atoms with E-state index in [2.05, 4.69) is 41.4 Å². The highest BCUT2D eigenvalue weighted by atomic mass is 16.1. The zero-order chi connectivity index (χ0) is 17.5. The first kappa shape index (κ1) is 17.7. The fourth-order valence-corrected chi connectivity index (χ4v) is 3.38. The number of piperidine rings is 1. The van der Waals surface area contributed by atoms with E-state index in [0.717, 1.165) is 18.0 Å². The molecule has 0 radical (unpaired) electrons. The zero-order valence-corrected chi connectivity index (χ0v) is 15.1. The number of nitrogens with one attached hydrogen (secondary N) is 1. The van der Waals surface area contributed by atoms with Crippen LogP contribution in [0.15, 0.2) is 54.6 Å². The number of nitrogens with zero attached hydrogens (tertiary/aromatic N) is 1. The molecule has 25 heavy (non-hydrogen) atoms. The molecule has 1 saturated heterocycles. The van der Waals surface area contributed by atoms with Crippen LogP contribution in [-0.4, -0.2) is 23.9 Å². The van der Waals surface area contributed by atoms with Gasteiger partial charge in [0, 0.05) is 13.1 Å². The molecule has 3 heteroatoms. The molecule has 132 valence electrons. The average molecular weight is 336 g/mol. The summed E-state index contributed by atoms with van der Waals surface area (Å²) in [5, 5.41) is 3.07. The molecule has 0 bridgehead atoms. The molecule has 1 fully saturated rings. The lowest BCUT2D eigenvalue weighted by Gasteiger charge is -2.30. The molecular formula is C22H28N2O. The molecule has 2 aromatic rings. The smallest absolute Gasteiger partial charge is 0.224 e. The van der Waals surface area contributed by atoms with Gasteiger partial charge in [-0.3, -0.25) is 9.69 Å². The molecule has 0 saturated carbocycles. The summed E-state index contributed by atoms with van der Waals surface area (Å²) >= 11 is 0. The molecule has 0 aliphatic carbocycles. The van der Waals surface area contributed by atoms with E-state index in [-0.39, 0.29) is 5.91 Å². The van der Waals surface area contributed by atoms with Crippen LogP contribution in [0.3, 0.4) is 0 Å². The van der Waals surface area contributed by atoms with Gasteiger partial charge in [0.05, 0.1) is 6.42 Å². The van der Waals surface area contributed by atoms with Crippen molar-refractivity contribution in [3.8, 4) is 0 Å². The van der Waals surface area contributed by atoms with Crippen molar-refractivity contribution in [3.05, 3.63) is 71.3 Å². The first-order chi connectivity index (χ1) is 12.2. The van der Waals surface area contributed by atoms with Gasteiger partial charge in [-0.25, -0.2) is 0 Å². The lowest BCUT2D eigenvalue weighted by atomic mass is 9.98. The van der Waals surface area contributed by atoms with Crippen LogP contribution < -0.4 is 5.32 Å². The van der Waals surface area contributed by atoms with Gasteiger partial charge in [-0.1, -0.05) is 61.5 Å². The molecule has 3 rings (SSSR count). The molecule has 1 aliphatic heterocycles. The van der Waals surface area contributed by atoms with E-state index in [0.29, 0.717) is 13.0 Å². The predicted molar refractivity (Wildman–Crippen MR) is 102 cm³/mol. The number of carbonyl (C=O) groups excluding carboxylic acids is 1. The molecule has 1 heterocycles. The maximum atomic E-state index is 12.2. The van der Waals surface area contributed by atoms with Crippen LogP contribution in [-0.2, 0) is 24.3 Å². The van der Waals surface area contributed by atoms with E-state index < -0.39 is 0 Å². The molecule has 1 N–H and O–H groups in total. The highest BCUT2D eigenvalue weighted by Gasteiger charge is 2.16. The van der Waals surface area contributed by atoms with Gasteiger partial charge in [-0.15, -0.1) is 0 Å². The second kappa shape index (κ2) is 8.82. The number of hydrogen-bond donors (Lipinski definition) is 1. The highest BCUT2D eigenvalue weighted by molar-refractivity contribution is 5.78. The molecule has 0 spiro atoms. The second-order valence-corrected chi connectivity index (χ2v) is 7.17. The van der Waals surface area contributed by atoms with Crippen molar-refractivity contribution >= 4 is 5.91 Å². The van der Waals surface area contributed by atoms with Gasteiger partial charge in [0.15, 0.2) is 0 Å². The Bertz CT molecular complexity index is 675. The van der Waals surface area contributed by atoms with Crippen LogP contribution in [0.2, 0.25) is 0 Å². The highest BCUT2D eigenvalue weighted by Crippen LogP contribution is 2.19. The van der Waals surface area contributed by atoms with E-state index in [4.69, 9.17) is 0 Å². The van der Waals surface area contributed by atoms with Gasteiger partial charge in [0.1, 0.15) is 0 Å². The summed E-state index contributed by atoms with van der Waals surface area (Å²) in [6.45, 7) is 6.28. The minimum absolute atomic E-state index is 0.0767. The third-order valence-corrected chi connectivity index (χ3v) is 5.07. The molecule has 0 unspecified atom stereocenters. The lowest BCUT2D eigenvalue weighted by Crippen LogP contribution is -2.33. The van der Waals surface area contributed by atoms with Crippen LogP contribution in [0.5, 0.6) is 0 Å². The fourth-order valence-electron chi connectivity index (χ4n) is 3.38. The Kier molecular flexibility index (Phi) is 6.24. The van der Waals surface area contributed by atoms with E-state index in [1.54, 1.807) is 0 Å². The van der Waals surface area contributed by atoms with Crippen LogP contribution in [0.25, 0.3) is 0 Å². The summed E-state index contributed by atoms with van der Waals surface area (Å²) in [6.07, 6.45) is 3.01. The maximum absolute atomic E-state index is 12.2. The van der Waals surface area contributed by atoms with Crippen LogP contribution in [0.1, 0.15) is 36.5 Å². The SMILES string of the molecule is CC1CCN(Cc2ccccc2CNC(=O)Cc2ccccc2)CC1. The number of rotatable bonds is 6. The largest absolute Gasteiger partial charge is 0.352 e. The number of likely N-dealkylation sites (tertiary alicyclic amines) is 1. The van der Waals surface area contributed by atoms with Gasteiger partial charge in [0.25, 0.3) is 0 Å². The number of hydrogen-bond acceptors (Lipinski definition) is 2. The number of carbonyl (C=O) groups is 1.